The maximum atomic E-state index is 13.4. The molecule has 4 atom stereocenters. The third kappa shape index (κ3) is 3.66. The van der Waals surface area contributed by atoms with E-state index in [1.54, 1.807) is 18.2 Å². The highest BCUT2D eigenvalue weighted by atomic mass is 19.1. The van der Waals surface area contributed by atoms with Crippen molar-refractivity contribution in [3.05, 3.63) is 53.8 Å². The molecule has 2 amide bonds. The normalized spacial score (nSPS) is 26.2. The molecule has 180 valence electrons. The molecule has 2 saturated heterocycles. The Morgan fingerprint density at radius 3 is 2.38 bits per heavy atom. The van der Waals surface area contributed by atoms with Gasteiger partial charge < -0.3 is 9.47 Å². The second kappa shape index (κ2) is 8.83. The first-order chi connectivity index (χ1) is 16.1. The van der Waals surface area contributed by atoms with Gasteiger partial charge in [-0.3, -0.25) is 24.6 Å². The fourth-order valence-electron chi connectivity index (χ4n) is 5.49. The van der Waals surface area contributed by atoms with Crippen LogP contribution in [0.5, 0.6) is 5.75 Å². The number of nitrogens with one attached hydrogen (secondary N) is 1. The van der Waals surface area contributed by atoms with E-state index >= 15 is 0 Å². The van der Waals surface area contributed by atoms with Gasteiger partial charge in [0.2, 0.25) is 11.8 Å². The first kappa shape index (κ1) is 23.9. The van der Waals surface area contributed by atoms with Crippen molar-refractivity contribution in [2.24, 2.45) is 17.8 Å². The maximum Gasteiger partial charge on any atom is 0.326 e. The fraction of sp³-hybridized carbons (Fsp3) is 0.423. The van der Waals surface area contributed by atoms with Gasteiger partial charge >= 0.3 is 5.97 Å². The quantitative estimate of drug-likeness (QED) is 0.517. The van der Waals surface area contributed by atoms with Gasteiger partial charge in [0.25, 0.3) is 0 Å². The van der Waals surface area contributed by atoms with E-state index in [0.717, 1.165) is 16.0 Å². The van der Waals surface area contributed by atoms with Gasteiger partial charge in [0.05, 0.1) is 26.1 Å². The molecule has 4 rings (SSSR count). The van der Waals surface area contributed by atoms with Gasteiger partial charge in [-0.1, -0.05) is 38.1 Å². The summed E-state index contributed by atoms with van der Waals surface area (Å²) in [6.45, 7) is 3.92. The predicted octanol–water partition coefficient (Wildman–Crippen LogP) is 3.33. The fourth-order valence-corrected chi connectivity index (χ4v) is 5.49. The predicted molar refractivity (Wildman–Crippen MR) is 123 cm³/mol. The number of benzene rings is 2. The summed E-state index contributed by atoms with van der Waals surface area (Å²) in [5.74, 6) is -2.62. The van der Waals surface area contributed by atoms with Crippen molar-refractivity contribution >= 4 is 17.8 Å². The van der Waals surface area contributed by atoms with Crippen molar-refractivity contribution in [2.45, 2.75) is 31.8 Å². The second-order valence-electron chi connectivity index (χ2n) is 9.39. The van der Waals surface area contributed by atoms with Crippen LogP contribution in [0, 0.1) is 23.6 Å². The molecule has 8 heteroatoms. The minimum atomic E-state index is -1.32. The monoisotopic (exact) mass is 468 g/mol. The van der Waals surface area contributed by atoms with Crippen LogP contribution < -0.4 is 10.1 Å². The van der Waals surface area contributed by atoms with Crippen molar-refractivity contribution in [3.63, 3.8) is 0 Å². The summed E-state index contributed by atoms with van der Waals surface area (Å²) >= 11 is 0. The number of hydrogen-bond donors (Lipinski definition) is 1. The lowest BCUT2D eigenvalue weighted by atomic mass is 9.75. The third-order valence-corrected chi connectivity index (χ3v) is 6.89. The highest BCUT2D eigenvalue weighted by molar-refractivity contribution is 6.09. The molecule has 0 aliphatic carbocycles. The molecule has 2 aromatic carbocycles. The number of likely N-dealkylation sites (tertiary alicyclic amines) is 1. The summed E-state index contributed by atoms with van der Waals surface area (Å²) in [6, 6.07) is 11.0. The molecule has 7 nitrogen and oxygen atoms in total. The molecular weight excluding hydrogens is 439 g/mol. The van der Waals surface area contributed by atoms with E-state index in [-0.39, 0.29) is 23.5 Å². The van der Waals surface area contributed by atoms with E-state index in [9.17, 15) is 18.8 Å². The summed E-state index contributed by atoms with van der Waals surface area (Å²) in [4.78, 5) is 40.6. The minimum Gasteiger partial charge on any atom is -0.496 e. The van der Waals surface area contributed by atoms with Crippen molar-refractivity contribution in [1.29, 1.82) is 0 Å². The molecule has 2 aromatic rings. The van der Waals surface area contributed by atoms with E-state index in [0.29, 0.717) is 17.7 Å². The number of hydrogen-bond acceptors (Lipinski definition) is 6. The molecule has 2 aliphatic heterocycles. The van der Waals surface area contributed by atoms with E-state index in [1.807, 2.05) is 26.0 Å². The van der Waals surface area contributed by atoms with E-state index in [1.165, 1.54) is 33.4 Å². The van der Waals surface area contributed by atoms with Crippen LogP contribution in [-0.2, 0) is 19.1 Å². The van der Waals surface area contributed by atoms with Gasteiger partial charge in [0, 0.05) is 18.7 Å². The Morgan fingerprint density at radius 2 is 1.79 bits per heavy atom. The molecule has 2 heterocycles. The average Bonchev–Trinajstić information content (AvgIpc) is 3.28. The van der Waals surface area contributed by atoms with Crippen molar-refractivity contribution in [1.82, 2.24) is 10.2 Å². The standard InChI is InChI=1S/C26H29FN2O5/c1-14(2)13-26(25(32)34-5)21-20(23(30)29(3)24(21)31)22(28-26)16-8-11-18(19(12-16)33-4)15-6-9-17(27)10-7-15/h6-12,14,20-22,28H,13H2,1-5H3/t20?,21?,22?,26-/m1/s1. The maximum absolute atomic E-state index is 13.4. The summed E-state index contributed by atoms with van der Waals surface area (Å²) in [5, 5.41) is 3.36. The first-order valence-corrected chi connectivity index (χ1v) is 11.3. The first-order valence-electron chi connectivity index (χ1n) is 11.3. The molecule has 2 aliphatic rings. The summed E-state index contributed by atoms with van der Waals surface area (Å²) < 4.78 is 24.2. The van der Waals surface area contributed by atoms with Crippen molar-refractivity contribution < 1.29 is 28.2 Å². The molecule has 3 unspecified atom stereocenters. The second-order valence-corrected chi connectivity index (χ2v) is 9.39. The van der Waals surface area contributed by atoms with Crippen LogP contribution in [0.3, 0.4) is 0 Å². The number of carbonyl (C=O) groups is 3. The Kier molecular flexibility index (Phi) is 6.20. The van der Waals surface area contributed by atoms with Crippen LogP contribution in [0.4, 0.5) is 4.39 Å². The number of halogens is 1. The van der Waals surface area contributed by atoms with Gasteiger partial charge in [-0.15, -0.1) is 0 Å². The van der Waals surface area contributed by atoms with Crippen LogP contribution in [0.15, 0.2) is 42.5 Å². The minimum absolute atomic E-state index is 0.0650. The van der Waals surface area contributed by atoms with E-state index < -0.39 is 29.4 Å². The summed E-state index contributed by atoms with van der Waals surface area (Å²) in [6.07, 6.45) is 0.342. The Bertz CT molecular complexity index is 1130. The molecule has 0 spiro atoms. The number of carbonyl (C=O) groups excluding carboxylic acids is 3. The summed E-state index contributed by atoms with van der Waals surface area (Å²) in [5.41, 5.74) is 0.924. The number of nitrogens with zero attached hydrogens (tertiary/aromatic N) is 1. The zero-order valence-electron chi connectivity index (χ0n) is 19.9. The number of esters is 1. The Hall–Kier alpha value is -3.26. The van der Waals surface area contributed by atoms with Gasteiger partial charge in [-0.05, 0) is 41.7 Å². The Labute approximate surface area is 198 Å². The zero-order chi connectivity index (χ0) is 24.8. The average molecular weight is 469 g/mol. The molecular formula is C26H29FN2O5. The number of ether oxygens (including phenoxy) is 2. The number of amides is 2. The molecule has 0 aromatic heterocycles. The smallest absolute Gasteiger partial charge is 0.326 e. The highest BCUT2D eigenvalue weighted by Crippen LogP contribution is 2.51. The van der Waals surface area contributed by atoms with Crippen molar-refractivity contribution in [3.8, 4) is 16.9 Å². The van der Waals surface area contributed by atoms with Crippen LogP contribution in [0.1, 0.15) is 31.9 Å². The lowest BCUT2D eigenvalue weighted by Gasteiger charge is -2.33. The van der Waals surface area contributed by atoms with Gasteiger partial charge in [-0.25, -0.2) is 4.39 Å². The number of rotatable bonds is 6. The largest absolute Gasteiger partial charge is 0.496 e. The topological polar surface area (TPSA) is 84.9 Å². The van der Waals surface area contributed by atoms with Crippen LogP contribution in [-0.4, -0.2) is 49.5 Å². The third-order valence-electron chi connectivity index (χ3n) is 6.89. The van der Waals surface area contributed by atoms with Gasteiger partial charge in [0.15, 0.2) is 0 Å². The Morgan fingerprint density at radius 1 is 1.12 bits per heavy atom. The number of fused-ring (bicyclic) bond motifs is 1. The highest BCUT2D eigenvalue weighted by Gasteiger charge is 2.68. The SMILES string of the molecule is COC(=O)[C@]1(CC(C)C)NC(c2ccc(-c3ccc(F)cc3)c(OC)c2)C2C(=O)N(C)C(=O)C21. The molecule has 0 bridgehead atoms. The van der Waals surface area contributed by atoms with E-state index in [4.69, 9.17) is 9.47 Å². The van der Waals surface area contributed by atoms with Crippen molar-refractivity contribution in [2.75, 3.05) is 21.3 Å². The summed E-state index contributed by atoms with van der Waals surface area (Å²) in [7, 11) is 4.28. The molecule has 0 radical (unpaired) electrons. The van der Waals surface area contributed by atoms with E-state index in [2.05, 4.69) is 5.32 Å². The molecule has 1 N–H and O–H groups in total. The number of methoxy groups -OCH3 is 2. The number of imide groups is 1. The van der Waals surface area contributed by atoms with Gasteiger partial charge in [0.1, 0.15) is 17.1 Å². The zero-order valence-corrected chi connectivity index (χ0v) is 19.9. The Balaban J connectivity index is 1.82. The van der Waals surface area contributed by atoms with Crippen LogP contribution in [0.2, 0.25) is 0 Å². The lowest BCUT2D eigenvalue weighted by Crippen LogP contribution is -2.56. The molecule has 0 saturated carbocycles. The van der Waals surface area contributed by atoms with Gasteiger partial charge in [-0.2, -0.15) is 0 Å². The van der Waals surface area contributed by atoms with Crippen LogP contribution >= 0.6 is 0 Å². The lowest BCUT2D eigenvalue weighted by molar-refractivity contribution is -0.154. The van der Waals surface area contributed by atoms with Crippen LogP contribution in [0.25, 0.3) is 11.1 Å². The molecule has 34 heavy (non-hydrogen) atoms. The molecule has 2 fully saturated rings.